The van der Waals surface area contributed by atoms with Crippen LogP contribution in [0.2, 0.25) is 0 Å². The van der Waals surface area contributed by atoms with Gasteiger partial charge in [-0.25, -0.2) is 18.4 Å². The third-order valence-electron chi connectivity index (χ3n) is 2.47. The third-order valence-corrected chi connectivity index (χ3v) is 3.41. The molecule has 1 aromatic carbocycles. The summed E-state index contributed by atoms with van der Waals surface area (Å²) in [7, 11) is 0. The number of carbonyl (C=O) groups excluding carboxylic acids is 1. The molecule has 3 N–H and O–H groups in total. The van der Waals surface area contributed by atoms with Crippen LogP contribution in [0.5, 0.6) is 0 Å². The van der Waals surface area contributed by atoms with Crippen LogP contribution < -0.4 is 10.6 Å². The van der Waals surface area contributed by atoms with Crippen molar-refractivity contribution in [3.63, 3.8) is 0 Å². The van der Waals surface area contributed by atoms with Crippen molar-refractivity contribution in [2.24, 2.45) is 0 Å². The zero-order valence-electron chi connectivity index (χ0n) is 10.5. The highest BCUT2D eigenvalue weighted by atomic mass is 32.1. The van der Waals surface area contributed by atoms with Crippen molar-refractivity contribution in [3.05, 3.63) is 52.2 Å². The molecule has 2 aromatic rings. The van der Waals surface area contributed by atoms with Crippen LogP contribution in [0.4, 0.5) is 19.3 Å². The van der Waals surface area contributed by atoms with E-state index in [0.29, 0.717) is 10.9 Å². The first kappa shape index (κ1) is 14.9. The van der Waals surface area contributed by atoms with E-state index in [4.69, 9.17) is 5.11 Å². The number of thiophene rings is 1. The van der Waals surface area contributed by atoms with Crippen molar-refractivity contribution >= 4 is 29.0 Å². The Balaban J connectivity index is 2.08. The minimum atomic E-state index is -1.24. The second-order valence-corrected chi connectivity index (χ2v) is 5.02. The second kappa shape index (κ2) is 6.31. The first-order chi connectivity index (χ1) is 9.95. The molecular weight excluding hydrogens is 302 g/mol. The van der Waals surface area contributed by atoms with Crippen molar-refractivity contribution < 1.29 is 23.5 Å². The Kier molecular flexibility index (Phi) is 4.49. The van der Waals surface area contributed by atoms with Crippen LogP contribution in [0.15, 0.2) is 35.7 Å². The lowest BCUT2D eigenvalue weighted by molar-refractivity contribution is -0.139. The van der Waals surface area contributed by atoms with Gasteiger partial charge in [0.1, 0.15) is 11.6 Å². The van der Waals surface area contributed by atoms with Crippen molar-refractivity contribution in [1.82, 2.24) is 5.32 Å². The van der Waals surface area contributed by atoms with Crippen LogP contribution in [0.3, 0.4) is 0 Å². The van der Waals surface area contributed by atoms with E-state index in [-0.39, 0.29) is 5.69 Å². The SMILES string of the molecule is O=C(Nc1cc(F)cc(F)c1)NC(C(=O)O)c1cccs1. The summed E-state index contributed by atoms with van der Waals surface area (Å²) in [6, 6.07) is 3.61. The molecule has 1 atom stereocenters. The maximum atomic E-state index is 13.0. The summed E-state index contributed by atoms with van der Waals surface area (Å²) in [5.74, 6) is -2.94. The maximum absolute atomic E-state index is 13.0. The highest BCUT2D eigenvalue weighted by Crippen LogP contribution is 2.19. The Morgan fingerprint density at radius 3 is 2.38 bits per heavy atom. The van der Waals surface area contributed by atoms with Crippen LogP contribution in [-0.4, -0.2) is 17.1 Å². The number of aliphatic carboxylic acids is 1. The highest BCUT2D eigenvalue weighted by Gasteiger charge is 2.23. The lowest BCUT2D eigenvalue weighted by Gasteiger charge is -2.14. The van der Waals surface area contributed by atoms with Gasteiger partial charge in [0.25, 0.3) is 0 Å². The molecule has 0 saturated carbocycles. The zero-order chi connectivity index (χ0) is 15.4. The standard InChI is InChI=1S/C13H10F2N2O3S/c14-7-4-8(15)6-9(5-7)16-13(20)17-11(12(18)19)10-2-1-3-21-10/h1-6,11H,(H,18,19)(H2,16,17,20). The average molecular weight is 312 g/mol. The van der Waals surface area contributed by atoms with E-state index in [0.717, 1.165) is 12.1 Å². The van der Waals surface area contributed by atoms with Crippen molar-refractivity contribution in [3.8, 4) is 0 Å². The van der Waals surface area contributed by atoms with Crippen LogP contribution >= 0.6 is 11.3 Å². The van der Waals surface area contributed by atoms with Gasteiger partial charge in [0.15, 0.2) is 6.04 Å². The predicted octanol–water partition coefficient (Wildman–Crippen LogP) is 2.97. The number of carbonyl (C=O) groups is 2. The fourth-order valence-corrected chi connectivity index (χ4v) is 2.40. The predicted molar refractivity (Wildman–Crippen MR) is 73.2 cm³/mol. The summed E-state index contributed by atoms with van der Waals surface area (Å²) in [6.07, 6.45) is 0. The van der Waals surface area contributed by atoms with Crippen LogP contribution in [0.1, 0.15) is 10.9 Å². The summed E-state index contributed by atoms with van der Waals surface area (Å²) in [5, 5.41) is 15.2. The number of carboxylic acid groups (broad SMARTS) is 1. The number of hydrogen-bond acceptors (Lipinski definition) is 3. The van der Waals surface area contributed by atoms with Crippen molar-refractivity contribution in [1.29, 1.82) is 0 Å². The number of amides is 2. The molecule has 110 valence electrons. The van der Waals surface area contributed by atoms with Gasteiger partial charge in [0, 0.05) is 16.6 Å². The van der Waals surface area contributed by atoms with Crippen LogP contribution in [0, 0.1) is 11.6 Å². The molecule has 2 rings (SSSR count). The molecule has 1 unspecified atom stereocenters. The van der Waals surface area contributed by atoms with Gasteiger partial charge >= 0.3 is 12.0 Å². The number of nitrogens with one attached hydrogen (secondary N) is 2. The summed E-state index contributed by atoms with van der Waals surface area (Å²) < 4.78 is 26.0. The molecule has 0 spiro atoms. The molecule has 0 aliphatic heterocycles. The third kappa shape index (κ3) is 3.99. The van der Waals surface area contributed by atoms with Gasteiger partial charge in [-0.1, -0.05) is 6.07 Å². The molecule has 0 fully saturated rings. The van der Waals surface area contributed by atoms with Gasteiger partial charge in [-0.05, 0) is 23.6 Å². The van der Waals surface area contributed by atoms with Gasteiger partial charge < -0.3 is 15.7 Å². The Morgan fingerprint density at radius 2 is 1.86 bits per heavy atom. The van der Waals surface area contributed by atoms with Gasteiger partial charge in [-0.3, -0.25) is 0 Å². The monoisotopic (exact) mass is 312 g/mol. The molecule has 0 bridgehead atoms. The second-order valence-electron chi connectivity index (χ2n) is 4.04. The Labute approximate surface area is 122 Å². The smallest absolute Gasteiger partial charge is 0.331 e. The lowest BCUT2D eigenvalue weighted by Crippen LogP contribution is -2.36. The summed E-state index contributed by atoms with van der Waals surface area (Å²) in [6.45, 7) is 0. The molecule has 0 radical (unpaired) electrons. The van der Waals surface area contributed by atoms with Crippen molar-refractivity contribution in [2.45, 2.75) is 6.04 Å². The Hall–Kier alpha value is -2.48. The van der Waals surface area contributed by atoms with E-state index in [1.807, 2.05) is 0 Å². The van der Waals surface area contributed by atoms with E-state index < -0.39 is 29.7 Å². The molecule has 21 heavy (non-hydrogen) atoms. The molecule has 5 nitrogen and oxygen atoms in total. The quantitative estimate of drug-likeness (QED) is 0.812. The molecule has 2 amide bonds. The van der Waals surface area contributed by atoms with Crippen LogP contribution in [-0.2, 0) is 4.79 Å². The molecule has 0 saturated heterocycles. The molecule has 1 aromatic heterocycles. The number of carboxylic acids is 1. The van der Waals surface area contributed by atoms with Gasteiger partial charge in [0.05, 0.1) is 0 Å². The number of anilines is 1. The van der Waals surface area contributed by atoms with Gasteiger partial charge in [-0.15, -0.1) is 11.3 Å². The number of hydrogen-bond donors (Lipinski definition) is 3. The van der Waals surface area contributed by atoms with Crippen LogP contribution in [0.25, 0.3) is 0 Å². The number of benzene rings is 1. The normalized spacial score (nSPS) is 11.7. The maximum Gasteiger partial charge on any atom is 0.331 e. The molecule has 0 aliphatic carbocycles. The zero-order valence-corrected chi connectivity index (χ0v) is 11.3. The number of urea groups is 1. The summed E-state index contributed by atoms with van der Waals surface area (Å²) >= 11 is 1.17. The molecular formula is C13H10F2N2O3S. The lowest BCUT2D eigenvalue weighted by atomic mass is 10.2. The minimum absolute atomic E-state index is 0.111. The minimum Gasteiger partial charge on any atom is -0.479 e. The van der Waals surface area contributed by atoms with E-state index in [9.17, 15) is 18.4 Å². The first-order valence-electron chi connectivity index (χ1n) is 5.75. The number of halogens is 2. The van der Waals surface area contributed by atoms with Crippen molar-refractivity contribution in [2.75, 3.05) is 5.32 Å². The highest BCUT2D eigenvalue weighted by molar-refractivity contribution is 7.10. The first-order valence-corrected chi connectivity index (χ1v) is 6.63. The summed E-state index contributed by atoms with van der Waals surface area (Å²) in [5.41, 5.74) is -0.111. The number of rotatable bonds is 4. The van der Waals surface area contributed by atoms with Gasteiger partial charge in [0.2, 0.25) is 0 Å². The van der Waals surface area contributed by atoms with E-state index in [2.05, 4.69) is 10.6 Å². The molecule has 1 heterocycles. The molecule has 8 heteroatoms. The topological polar surface area (TPSA) is 78.4 Å². The van der Waals surface area contributed by atoms with Gasteiger partial charge in [-0.2, -0.15) is 0 Å². The fourth-order valence-electron chi connectivity index (χ4n) is 1.63. The molecule has 0 aliphatic rings. The average Bonchev–Trinajstić information content (AvgIpc) is 2.87. The van der Waals surface area contributed by atoms with E-state index in [1.54, 1.807) is 17.5 Å². The van der Waals surface area contributed by atoms with E-state index in [1.165, 1.54) is 11.3 Å². The van der Waals surface area contributed by atoms with E-state index >= 15 is 0 Å². The summed E-state index contributed by atoms with van der Waals surface area (Å²) in [4.78, 5) is 23.3. The Bertz CT molecular complexity index is 641. The fraction of sp³-hybridized carbons (Fsp3) is 0.0769. The largest absolute Gasteiger partial charge is 0.479 e. The Morgan fingerprint density at radius 1 is 1.19 bits per heavy atom.